The fourth-order valence-electron chi connectivity index (χ4n) is 2.50. The van der Waals surface area contributed by atoms with Gasteiger partial charge in [-0.1, -0.05) is 0 Å². The van der Waals surface area contributed by atoms with Crippen LogP contribution in [-0.4, -0.2) is 36.9 Å². The van der Waals surface area contributed by atoms with Crippen LogP contribution in [0.2, 0.25) is 0 Å². The van der Waals surface area contributed by atoms with Gasteiger partial charge in [-0.2, -0.15) is 0 Å². The number of likely N-dealkylation sites (tertiary alicyclic amines) is 1. The van der Waals surface area contributed by atoms with Gasteiger partial charge in [0.05, 0.1) is 0 Å². The molecule has 0 radical (unpaired) electrons. The number of amides is 2. The average Bonchev–Trinajstić information content (AvgIpc) is 2.30. The molecule has 2 fully saturated rings. The normalized spacial score (nSPS) is 33.4. The quantitative estimate of drug-likeness (QED) is 0.599. The highest BCUT2D eigenvalue weighted by Gasteiger charge is 2.42. The van der Waals surface area contributed by atoms with E-state index in [-0.39, 0.29) is 17.2 Å². The first-order valence-corrected chi connectivity index (χ1v) is 5.12. The molecule has 0 unspecified atom stereocenters. The Bertz CT molecular complexity index is 277. The topological polar surface area (TPSA) is 49.4 Å². The van der Waals surface area contributed by atoms with E-state index in [2.05, 4.69) is 5.32 Å². The molecule has 2 amide bonds. The Morgan fingerprint density at radius 3 is 2.79 bits per heavy atom. The smallest absolute Gasteiger partial charge is 0.222 e. The Labute approximate surface area is 83.6 Å². The van der Waals surface area contributed by atoms with Crippen molar-refractivity contribution in [2.24, 2.45) is 5.41 Å². The third kappa shape index (κ3) is 1.61. The number of nitrogens with one attached hydrogen (secondary N) is 1. The molecule has 2 aliphatic rings. The summed E-state index contributed by atoms with van der Waals surface area (Å²) >= 11 is 0. The molecule has 0 aliphatic carbocycles. The first-order chi connectivity index (χ1) is 6.61. The summed E-state index contributed by atoms with van der Waals surface area (Å²) < 4.78 is 0. The Morgan fingerprint density at radius 1 is 1.36 bits per heavy atom. The molecule has 4 heteroatoms. The molecule has 1 spiro atoms. The summed E-state index contributed by atoms with van der Waals surface area (Å²) in [7, 11) is 1.84. The van der Waals surface area contributed by atoms with Crippen molar-refractivity contribution in [2.45, 2.75) is 25.7 Å². The number of nitrogens with zero attached hydrogens (tertiary/aromatic N) is 1. The van der Waals surface area contributed by atoms with Gasteiger partial charge in [0, 0.05) is 33.0 Å². The highest BCUT2D eigenvalue weighted by molar-refractivity contribution is 5.80. The van der Waals surface area contributed by atoms with E-state index in [1.807, 2.05) is 7.05 Å². The minimum Gasteiger partial charge on any atom is -0.356 e. The van der Waals surface area contributed by atoms with E-state index < -0.39 is 0 Å². The van der Waals surface area contributed by atoms with Crippen LogP contribution in [0, 0.1) is 5.41 Å². The van der Waals surface area contributed by atoms with E-state index in [1.165, 1.54) is 0 Å². The average molecular weight is 196 g/mol. The highest BCUT2D eigenvalue weighted by Crippen LogP contribution is 2.39. The molecule has 2 heterocycles. The second kappa shape index (κ2) is 3.26. The first-order valence-electron chi connectivity index (χ1n) is 5.12. The number of hydrogen-bond donors (Lipinski definition) is 1. The summed E-state index contributed by atoms with van der Waals surface area (Å²) in [6, 6.07) is 0. The third-order valence-electron chi connectivity index (χ3n) is 3.38. The maximum absolute atomic E-state index is 11.5. The van der Waals surface area contributed by atoms with E-state index in [4.69, 9.17) is 0 Å². The van der Waals surface area contributed by atoms with E-state index in [0.29, 0.717) is 12.8 Å². The first kappa shape index (κ1) is 9.49. The molecule has 1 atom stereocenters. The summed E-state index contributed by atoms with van der Waals surface area (Å²) in [5, 5.41) is 2.86. The lowest BCUT2D eigenvalue weighted by Crippen LogP contribution is -2.26. The highest BCUT2D eigenvalue weighted by atomic mass is 16.2. The molecule has 0 bridgehead atoms. The molecule has 14 heavy (non-hydrogen) atoms. The van der Waals surface area contributed by atoms with Gasteiger partial charge < -0.3 is 10.2 Å². The van der Waals surface area contributed by atoms with Crippen LogP contribution in [0.4, 0.5) is 0 Å². The fourth-order valence-corrected chi connectivity index (χ4v) is 2.50. The SMILES string of the molecule is CN1C[C@@]2(CCNC(=O)CC2)CC1=O. The summed E-state index contributed by atoms with van der Waals surface area (Å²) in [5.74, 6) is 0.350. The lowest BCUT2D eigenvalue weighted by molar-refractivity contribution is -0.126. The van der Waals surface area contributed by atoms with Gasteiger partial charge in [0.25, 0.3) is 0 Å². The van der Waals surface area contributed by atoms with Crippen molar-refractivity contribution >= 4 is 11.8 Å². The molecule has 4 nitrogen and oxygen atoms in total. The minimum atomic E-state index is 0.0744. The van der Waals surface area contributed by atoms with Gasteiger partial charge in [-0.3, -0.25) is 9.59 Å². The van der Waals surface area contributed by atoms with Crippen LogP contribution in [0.1, 0.15) is 25.7 Å². The summed E-state index contributed by atoms with van der Waals surface area (Å²) in [4.78, 5) is 24.4. The molecular weight excluding hydrogens is 180 g/mol. The zero-order valence-electron chi connectivity index (χ0n) is 8.51. The van der Waals surface area contributed by atoms with Crippen LogP contribution in [0.15, 0.2) is 0 Å². The molecule has 0 saturated carbocycles. The lowest BCUT2D eigenvalue weighted by Gasteiger charge is -2.25. The van der Waals surface area contributed by atoms with Crippen molar-refractivity contribution < 1.29 is 9.59 Å². The predicted octanol–water partition coefficient (Wildman–Crippen LogP) is 0.135. The maximum atomic E-state index is 11.5. The van der Waals surface area contributed by atoms with Crippen LogP contribution in [-0.2, 0) is 9.59 Å². The molecule has 2 saturated heterocycles. The molecule has 78 valence electrons. The predicted molar refractivity (Wildman–Crippen MR) is 51.5 cm³/mol. The van der Waals surface area contributed by atoms with Crippen LogP contribution in [0.25, 0.3) is 0 Å². The molecule has 2 aliphatic heterocycles. The molecule has 0 aromatic rings. The number of hydrogen-bond acceptors (Lipinski definition) is 2. The van der Waals surface area contributed by atoms with Gasteiger partial charge in [0.1, 0.15) is 0 Å². The van der Waals surface area contributed by atoms with Crippen LogP contribution in [0.5, 0.6) is 0 Å². The Hall–Kier alpha value is -1.06. The monoisotopic (exact) mass is 196 g/mol. The van der Waals surface area contributed by atoms with Gasteiger partial charge in [-0.15, -0.1) is 0 Å². The third-order valence-corrected chi connectivity index (χ3v) is 3.38. The Morgan fingerprint density at radius 2 is 2.14 bits per heavy atom. The molecule has 0 aromatic heterocycles. The van der Waals surface area contributed by atoms with Crippen molar-refractivity contribution in [3.8, 4) is 0 Å². The van der Waals surface area contributed by atoms with E-state index in [9.17, 15) is 9.59 Å². The summed E-state index contributed by atoms with van der Waals surface area (Å²) in [6.07, 6.45) is 2.99. The molecule has 2 rings (SSSR count). The lowest BCUT2D eigenvalue weighted by atomic mass is 9.80. The largest absolute Gasteiger partial charge is 0.356 e. The van der Waals surface area contributed by atoms with E-state index in [1.54, 1.807) is 4.90 Å². The van der Waals surface area contributed by atoms with Crippen molar-refractivity contribution in [3.63, 3.8) is 0 Å². The Kier molecular flexibility index (Phi) is 2.21. The number of rotatable bonds is 0. The number of carbonyl (C=O) groups is 2. The minimum absolute atomic E-state index is 0.0744. The second-order valence-corrected chi connectivity index (χ2v) is 4.53. The Balaban J connectivity index is 2.09. The summed E-state index contributed by atoms with van der Waals surface area (Å²) in [6.45, 7) is 1.54. The van der Waals surface area contributed by atoms with Gasteiger partial charge >= 0.3 is 0 Å². The van der Waals surface area contributed by atoms with E-state index in [0.717, 1.165) is 25.9 Å². The van der Waals surface area contributed by atoms with Crippen molar-refractivity contribution in [1.29, 1.82) is 0 Å². The molecule has 1 N–H and O–H groups in total. The standard InChI is InChI=1S/C10H16N2O2/c1-12-7-10(6-9(12)14)3-2-8(13)11-5-4-10/h2-7H2,1H3,(H,11,13)/t10-/m0/s1. The zero-order valence-corrected chi connectivity index (χ0v) is 8.51. The summed E-state index contributed by atoms with van der Waals surface area (Å²) in [5.41, 5.74) is 0.0744. The van der Waals surface area contributed by atoms with Crippen LogP contribution < -0.4 is 5.32 Å². The molecule has 0 aromatic carbocycles. The number of carbonyl (C=O) groups excluding carboxylic acids is 2. The van der Waals surface area contributed by atoms with Gasteiger partial charge in [-0.25, -0.2) is 0 Å². The van der Waals surface area contributed by atoms with Crippen LogP contribution in [0.3, 0.4) is 0 Å². The van der Waals surface area contributed by atoms with Crippen molar-refractivity contribution in [3.05, 3.63) is 0 Å². The maximum Gasteiger partial charge on any atom is 0.222 e. The van der Waals surface area contributed by atoms with E-state index >= 15 is 0 Å². The van der Waals surface area contributed by atoms with Crippen molar-refractivity contribution in [2.75, 3.05) is 20.1 Å². The second-order valence-electron chi connectivity index (χ2n) is 4.53. The van der Waals surface area contributed by atoms with Crippen LogP contribution >= 0.6 is 0 Å². The van der Waals surface area contributed by atoms with Gasteiger partial charge in [0.2, 0.25) is 11.8 Å². The van der Waals surface area contributed by atoms with Gasteiger partial charge in [0.15, 0.2) is 0 Å². The fraction of sp³-hybridized carbons (Fsp3) is 0.800. The zero-order chi connectivity index (χ0) is 10.2. The van der Waals surface area contributed by atoms with Gasteiger partial charge in [-0.05, 0) is 18.3 Å². The van der Waals surface area contributed by atoms with Crippen molar-refractivity contribution in [1.82, 2.24) is 10.2 Å². The molecular formula is C10H16N2O2.